The van der Waals surface area contributed by atoms with E-state index in [1.54, 1.807) is 0 Å². The van der Waals surface area contributed by atoms with Crippen molar-refractivity contribution in [3.63, 3.8) is 0 Å². The lowest BCUT2D eigenvalue weighted by Crippen LogP contribution is -2.26. The molecule has 0 aromatic heterocycles. The summed E-state index contributed by atoms with van der Waals surface area (Å²) in [6.45, 7) is 8.74. The van der Waals surface area contributed by atoms with Gasteiger partial charge >= 0.3 is 0 Å². The maximum Gasteiger partial charge on any atom is 0.115 e. The highest BCUT2D eigenvalue weighted by atomic mass is 14.9. The topological polar surface area (TPSA) is 24.7 Å². The Hall–Kier alpha value is -1.18. The molecule has 2 heteroatoms. The molecule has 14 heavy (non-hydrogen) atoms. The zero-order valence-corrected chi connectivity index (χ0v) is 9.20. The van der Waals surface area contributed by atoms with Crippen LogP contribution < -0.4 is 0 Å². The monoisotopic (exact) mass is 188 g/mol. The third kappa shape index (κ3) is 1.35. The maximum atomic E-state index is 4.55. The van der Waals surface area contributed by atoms with E-state index in [9.17, 15) is 0 Å². The molecule has 1 atom stereocenters. The molecule has 0 N–H and O–H groups in total. The predicted octanol–water partition coefficient (Wildman–Crippen LogP) is 2.77. The van der Waals surface area contributed by atoms with Crippen molar-refractivity contribution in [3.8, 4) is 0 Å². The average Bonchev–Trinajstić information content (AvgIpc) is 2.38. The summed E-state index contributed by atoms with van der Waals surface area (Å²) in [6.07, 6.45) is 5.88. The van der Waals surface area contributed by atoms with Crippen molar-refractivity contribution in [1.82, 2.24) is 0 Å². The normalized spacial score (nSPS) is 25.4. The smallest absolute Gasteiger partial charge is 0.115 e. The van der Waals surface area contributed by atoms with Gasteiger partial charge in [0.05, 0.1) is 5.71 Å². The van der Waals surface area contributed by atoms with Gasteiger partial charge in [-0.25, -0.2) is 0 Å². The van der Waals surface area contributed by atoms with Crippen molar-refractivity contribution in [2.24, 2.45) is 15.4 Å². The molecule has 2 heterocycles. The van der Waals surface area contributed by atoms with Crippen LogP contribution in [0.4, 0.5) is 0 Å². The van der Waals surface area contributed by atoms with Crippen LogP contribution in [0.15, 0.2) is 33.4 Å². The Balaban J connectivity index is 2.43. The minimum atomic E-state index is 0.155. The predicted molar refractivity (Wildman–Crippen MR) is 61.0 cm³/mol. The Morgan fingerprint density at radius 2 is 2.00 bits per heavy atom. The molecular formula is C12H16N2. The third-order valence-electron chi connectivity index (χ3n) is 2.64. The van der Waals surface area contributed by atoms with Crippen molar-refractivity contribution < 1.29 is 0 Å². The van der Waals surface area contributed by atoms with Crippen LogP contribution >= 0.6 is 0 Å². The lowest BCUT2D eigenvalue weighted by molar-refractivity contribution is 0.482. The first-order chi connectivity index (χ1) is 6.50. The second kappa shape index (κ2) is 2.91. The van der Waals surface area contributed by atoms with Gasteiger partial charge in [0.25, 0.3) is 0 Å². The summed E-state index contributed by atoms with van der Waals surface area (Å²) >= 11 is 0. The van der Waals surface area contributed by atoms with Crippen molar-refractivity contribution >= 4 is 11.9 Å². The molecule has 0 aliphatic carbocycles. The van der Waals surface area contributed by atoms with Crippen LogP contribution in [-0.2, 0) is 0 Å². The molecule has 0 aromatic carbocycles. The first-order valence-corrected chi connectivity index (χ1v) is 5.00. The first kappa shape index (κ1) is 9.38. The fraction of sp³-hybridized carbons (Fsp3) is 0.500. The Morgan fingerprint density at radius 1 is 1.29 bits per heavy atom. The van der Waals surface area contributed by atoms with Crippen LogP contribution in [0.3, 0.4) is 0 Å². The van der Waals surface area contributed by atoms with E-state index in [-0.39, 0.29) is 11.5 Å². The molecule has 1 unspecified atom stereocenters. The number of dihydropyridines is 1. The molecule has 2 aliphatic heterocycles. The lowest BCUT2D eigenvalue weighted by Gasteiger charge is -2.26. The number of rotatable bonds is 0. The quantitative estimate of drug-likeness (QED) is 0.558. The van der Waals surface area contributed by atoms with Gasteiger partial charge in [-0.05, 0) is 30.1 Å². The number of hydrogen-bond acceptors (Lipinski definition) is 2. The Labute approximate surface area is 85.2 Å². The van der Waals surface area contributed by atoms with Crippen LogP contribution in [0.2, 0.25) is 0 Å². The zero-order valence-electron chi connectivity index (χ0n) is 9.20. The fourth-order valence-corrected chi connectivity index (χ4v) is 2.17. The Morgan fingerprint density at radius 3 is 2.64 bits per heavy atom. The van der Waals surface area contributed by atoms with Crippen LogP contribution in [0.25, 0.3) is 0 Å². The van der Waals surface area contributed by atoms with Gasteiger partial charge in [-0.3, -0.25) is 9.98 Å². The summed E-state index contributed by atoms with van der Waals surface area (Å²) in [5.74, 6) is 0. The summed E-state index contributed by atoms with van der Waals surface area (Å²) in [7, 11) is 0. The molecule has 0 saturated heterocycles. The minimum absolute atomic E-state index is 0.155. The third-order valence-corrected chi connectivity index (χ3v) is 2.64. The van der Waals surface area contributed by atoms with Crippen molar-refractivity contribution in [2.75, 3.05) is 0 Å². The van der Waals surface area contributed by atoms with E-state index in [1.807, 2.05) is 12.3 Å². The summed E-state index contributed by atoms with van der Waals surface area (Å²) in [5.41, 5.74) is 3.74. The minimum Gasteiger partial charge on any atom is -0.279 e. The summed E-state index contributed by atoms with van der Waals surface area (Å²) in [5, 5.41) is 0. The fourth-order valence-electron chi connectivity index (χ4n) is 2.17. The van der Waals surface area contributed by atoms with Crippen LogP contribution in [0, 0.1) is 5.41 Å². The average molecular weight is 188 g/mol. The molecule has 0 spiro atoms. The van der Waals surface area contributed by atoms with Crippen LogP contribution in [0.1, 0.15) is 27.7 Å². The zero-order chi connectivity index (χ0) is 10.3. The van der Waals surface area contributed by atoms with E-state index in [0.717, 1.165) is 11.4 Å². The summed E-state index contributed by atoms with van der Waals surface area (Å²) in [4.78, 5) is 9.04. The molecule has 0 saturated carbocycles. The number of fused-ring (bicyclic) bond motifs is 1. The SMILES string of the molecule is CC1=C(C(C)(C)C)C2N=CC=CC2=N1. The van der Waals surface area contributed by atoms with Gasteiger partial charge in [0, 0.05) is 11.9 Å². The highest BCUT2D eigenvalue weighted by Crippen LogP contribution is 2.37. The van der Waals surface area contributed by atoms with Crippen molar-refractivity contribution in [1.29, 1.82) is 0 Å². The van der Waals surface area contributed by atoms with Gasteiger partial charge in [0.15, 0.2) is 0 Å². The van der Waals surface area contributed by atoms with E-state index in [0.29, 0.717) is 0 Å². The number of allylic oxidation sites excluding steroid dienone is 2. The molecule has 2 rings (SSSR count). The van der Waals surface area contributed by atoms with Gasteiger partial charge < -0.3 is 0 Å². The van der Waals surface area contributed by atoms with E-state index in [2.05, 4.69) is 43.8 Å². The molecule has 0 amide bonds. The molecule has 2 aliphatic rings. The second-order valence-electron chi connectivity index (χ2n) is 4.85. The van der Waals surface area contributed by atoms with E-state index < -0.39 is 0 Å². The number of nitrogens with zero attached hydrogens (tertiary/aromatic N) is 2. The number of hydrogen-bond donors (Lipinski definition) is 0. The molecule has 0 aromatic rings. The van der Waals surface area contributed by atoms with Gasteiger partial charge in [0.1, 0.15) is 6.04 Å². The highest BCUT2D eigenvalue weighted by Gasteiger charge is 2.34. The summed E-state index contributed by atoms with van der Waals surface area (Å²) in [6, 6.07) is 0.181. The molecule has 74 valence electrons. The molecule has 2 nitrogen and oxygen atoms in total. The first-order valence-electron chi connectivity index (χ1n) is 5.00. The Kier molecular flexibility index (Phi) is 1.95. The van der Waals surface area contributed by atoms with Crippen LogP contribution in [-0.4, -0.2) is 18.0 Å². The van der Waals surface area contributed by atoms with Crippen molar-refractivity contribution in [3.05, 3.63) is 23.4 Å². The van der Waals surface area contributed by atoms with Gasteiger partial charge in [-0.2, -0.15) is 0 Å². The molecule has 0 radical (unpaired) electrons. The lowest BCUT2D eigenvalue weighted by atomic mass is 9.80. The largest absolute Gasteiger partial charge is 0.279 e. The van der Waals surface area contributed by atoms with E-state index in [4.69, 9.17) is 0 Å². The van der Waals surface area contributed by atoms with Crippen LogP contribution in [0.5, 0.6) is 0 Å². The second-order valence-corrected chi connectivity index (χ2v) is 4.85. The standard InChI is InChI=1S/C12H16N2/c1-8-10(12(2,3)4)11-9(14-8)6-5-7-13-11/h5-7,11H,1-4H3. The van der Waals surface area contributed by atoms with Gasteiger partial charge in [-0.1, -0.05) is 20.8 Å². The summed E-state index contributed by atoms with van der Waals surface area (Å²) < 4.78 is 0. The van der Waals surface area contributed by atoms with Crippen molar-refractivity contribution in [2.45, 2.75) is 33.7 Å². The van der Waals surface area contributed by atoms with E-state index >= 15 is 0 Å². The Bertz CT molecular complexity index is 376. The van der Waals surface area contributed by atoms with Gasteiger partial charge in [-0.15, -0.1) is 0 Å². The molecule has 0 fully saturated rings. The molecular weight excluding hydrogens is 172 g/mol. The van der Waals surface area contributed by atoms with Gasteiger partial charge in [0.2, 0.25) is 0 Å². The highest BCUT2D eigenvalue weighted by molar-refractivity contribution is 6.08. The van der Waals surface area contributed by atoms with E-state index in [1.165, 1.54) is 5.57 Å². The number of aliphatic imine (C=N–C) groups is 2. The maximum absolute atomic E-state index is 4.55. The molecule has 0 bridgehead atoms.